The van der Waals surface area contributed by atoms with E-state index in [1.165, 1.54) is 0 Å². The van der Waals surface area contributed by atoms with Crippen LogP contribution >= 0.6 is 0 Å². The predicted molar refractivity (Wildman–Crippen MR) is 39.9 cm³/mol. The highest BCUT2D eigenvalue weighted by Gasteiger charge is 2.32. The Morgan fingerprint density at radius 1 is 1.46 bits per heavy atom. The van der Waals surface area contributed by atoms with Crippen molar-refractivity contribution in [3.8, 4) is 0 Å². The summed E-state index contributed by atoms with van der Waals surface area (Å²) in [6.07, 6.45) is -3.71. The van der Waals surface area contributed by atoms with Crippen molar-refractivity contribution in [1.29, 1.82) is 0 Å². The third-order valence-corrected chi connectivity index (χ3v) is 1.32. The van der Waals surface area contributed by atoms with Gasteiger partial charge >= 0.3 is 6.18 Å². The fourth-order valence-electron chi connectivity index (χ4n) is 0.712. The number of halogens is 3. The fraction of sp³-hybridized carbons (Fsp3) is 0.143. The molecule has 0 aliphatic carbocycles. The molecule has 0 aliphatic heterocycles. The minimum atomic E-state index is -4.52. The van der Waals surface area contributed by atoms with Gasteiger partial charge in [-0.05, 0) is 6.07 Å². The van der Waals surface area contributed by atoms with Crippen LogP contribution in [0.15, 0.2) is 12.3 Å². The Labute approximate surface area is 71.8 Å². The van der Waals surface area contributed by atoms with Gasteiger partial charge in [0.25, 0.3) is 0 Å². The van der Waals surface area contributed by atoms with Crippen molar-refractivity contribution in [2.45, 2.75) is 6.18 Å². The molecule has 1 heterocycles. The molecule has 0 saturated heterocycles. The Hall–Kier alpha value is -1.77. The number of hydrogen-bond acceptors (Lipinski definition) is 2. The van der Waals surface area contributed by atoms with Crippen LogP contribution in [0.5, 0.6) is 0 Å². The van der Waals surface area contributed by atoms with Crippen LogP contribution in [-0.2, 0) is 6.18 Å². The zero-order chi connectivity index (χ0) is 10.1. The van der Waals surface area contributed by atoms with E-state index in [9.17, 15) is 13.2 Å². The van der Waals surface area contributed by atoms with E-state index in [1.54, 1.807) is 0 Å². The molecular weight excluding hydrogens is 183 g/mol. The number of nitrogens with zero attached hydrogens (tertiary/aromatic N) is 2. The van der Waals surface area contributed by atoms with Crippen LogP contribution in [-0.4, -0.2) is 4.98 Å². The lowest BCUT2D eigenvalue weighted by atomic mass is 10.3. The average molecular weight is 187 g/mol. The Morgan fingerprint density at radius 2 is 2.08 bits per heavy atom. The minimum absolute atomic E-state index is 0.0759. The molecule has 0 spiro atoms. The normalized spacial score (nSPS) is 10.9. The van der Waals surface area contributed by atoms with Crippen LogP contribution in [0.4, 0.5) is 24.5 Å². The summed E-state index contributed by atoms with van der Waals surface area (Å²) in [4.78, 5) is 5.95. The van der Waals surface area contributed by atoms with Gasteiger partial charge < -0.3 is 5.73 Å². The summed E-state index contributed by atoms with van der Waals surface area (Å²) in [5, 5.41) is 0. The highest BCUT2D eigenvalue weighted by atomic mass is 19.4. The summed E-state index contributed by atoms with van der Waals surface area (Å²) in [6.45, 7) is 6.53. The Kier molecular flexibility index (Phi) is 2.10. The molecule has 0 aliphatic rings. The van der Waals surface area contributed by atoms with Gasteiger partial charge in [-0.1, -0.05) is 0 Å². The lowest BCUT2D eigenvalue weighted by molar-refractivity contribution is -0.141. The van der Waals surface area contributed by atoms with E-state index in [-0.39, 0.29) is 11.4 Å². The van der Waals surface area contributed by atoms with Crippen LogP contribution < -0.4 is 5.73 Å². The quantitative estimate of drug-likeness (QED) is 0.633. The topological polar surface area (TPSA) is 43.3 Å². The highest BCUT2D eigenvalue weighted by molar-refractivity contribution is 5.65. The van der Waals surface area contributed by atoms with E-state index in [4.69, 9.17) is 12.3 Å². The van der Waals surface area contributed by atoms with Crippen molar-refractivity contribution in [2.24, 2.45) is 0 Å². The number of aromatic nitrogens is 1. The Balaban J connectivity index is 3.20. The van der Waals surface area contributed by atoms with Gasteiger partial charge in [-0.3, -0.25) is 4.98 Å². The first-order valence-corrected chi connectivity index (χ1v) is 3.15. The van der Waals surface area contributed by atoms with Crippen LogP contribution in [0.3, 0.4) is 0 Å². The molecule has 0 radical (unpaired) electrons. The predicted octanol–water partition coefficient (Wildman–Crippen LogP) is 2.23. The second-order valence-electron chi connectivity index (χ2n) is 2.24. The molecule has 1 rings (SSSR count). The van der Waals surface area contributed by atoms with Gasteiger partial charge in [-0.2, -0.15) is 13.2 Å². The third-order valence-electron chi connectivity index (χ3n) is 1.32. The van der Waals surface area contributed by atoms with Crippen molar-refractivity contribution in [3.05, 3.63) is 29.4 Å². The maximum absolute atomic E-state index is 12.0. The van der Waals surface area contributed by atoms with E-state index < -0.39 is 11.9 Å². The summed E-state index contributed by atoms with van der Waals surface area (Å²) in [6, 6.07) is 0.646. The standard InChI is InChI=1S/C7H4F3N3/c1-12-5-3-13-6(2-4(5)11)7(8,9)10/h2-3H,(H2,11,13). The zero-order valence-corrected chi connectivity index (χ0v) is 6.26. The van der Waals surface area contributed by atoms with Gasteiger partial charge in [0.1, 0.15) is 5.69 Å². The fourth-order valence-corrected chi connectivity index (χ4v) is 0.712. The molecule has 0 unspecified atom stereocenters. The van der Waals surface area contributed by atoms with Gasteiger partial charge in [-0.25, -0.2) is 4.85 Å². The van der Waals surface area contributed by atoms with Crippen molar-refractivity contribution in [2.75, 3.05) is 5.73 Å². The Bertz CT molecular complexity index is 364. The van der Waals surface area contributed by atoms with Crippen molar-refractivity contribution in [1.82, 2.24) is 4.98 Å². The molecule has 0 saturated carbocycles. The van der Waals surface area contributed by atoms with Crippen molar-refractivity contribution < 1.29 is 13.2 Å². The molecule has 13 heavy (non-hydrogen) atoms. The third kappa shape index (κ3) is 1.87. The first-order chi connectivity index (χ1) is 5.95. The first kappa shape index (κ1) is 9.32. The number of pyridine rings is 1. The second kappa shape index (κ2) is 2.94. The SMILES string of the molecule is [C-]#[N+]c1cnc(C(F)(F)F)cc1N. The molecule has 1 aromatic rings. The maximum atomic E-state index is 12.0. The zero-order valence-electron chi connectivity index (χ0n) is 6.26. The molecule has 0 aromatic carbocycles. The second-order valence-corrected chi connectivity index (χ2v) is 2.24. The molecule has 68 valence electrons. The van der Waals surface area contributed by atoms with Crippen LogP contribution in [0.1, 0.15) is 5.69 Å². The number of anilines is 1. The molecular formula is C7H4F3N3. The minimum Gasteiger partial charge on any atom is -0.407 e. The number of hydrogen-bond donors (Lipinski definition) is 1. The summed E-state index contributed by atoms with van der Waals surface area (Å²) in [7, 11) is 0. The number of nitrogen functional groups attached to an aromatic ring is 1. The number of rotatable bonds is 0. The van der Waals surface area contributed by atoms with Gasteiger partial charge in [-0.15, -0.1) is 0 Å². The largest absolute Gasteiger partial charge is 0.433 e. The van der Waals surface area contributed by atoms with Gasteiger partial charge in [0.2, 0.25) is 5.69 Å². The highest BCUT2D eigenvalue weighted by Crippen LogP contribution is 2.31. The van der Waals surface area contributed by atoms with Crippen LogP contribution in [0, 0.1) is 6.57 Å². The van der Waals surface area contributed by atoms with E-state index in [0.29, 0.717) is 6.07 Å². The van der Waals surface area contributed by atoms with Crippen LogP contribution in [0.25, 0.3) is 4.85 Å². The van der Waals surface area contributed by atoms with E-state index >= 15 is 0 Å². The summed E-state index contributed by atoms with van der Waals surface area (Å²) in [5.41, 5.74) is 3.80. The Morgan fingerprint density at radius 3 is 2.46 bits per heavy atom. The number of alkyl halides is 3. The molecule has 1 aromatic heterocycles. The van der Waals surface area contributed by atoms with E-state index in [2.05, 4.69) is 9.83 Å². The van der Waals surface area contributed by atoms with Crippen LogP contribution in [0.2, 0.25) is 0 Å². The van der Waals surface area contributed by atoms with Gasteiger partial charge in [0.15, 0.2) is 0 Å². The molecule has 0 fully saturated rings. The molecule has 2 N–H and O–H groups in total. The molecule has 6 heteroatoms. The first-order valence-electron chi connectivity index (χ1n) is 3.15. The average Bonchev–Trinajstić information content (AvgIpc) is 2.02. The molecule has 3 nitrogen and oxygen atoms in total. The maximum Gasteiger partial charge on any atom is 0.433 e. The smallest absolute Gasteiger partial charge is 0.407 e. The summed E-state index contributed by atoms with van der Waals surface area (Å²) < 4.78 is 36.0. The summed E-state index contributed by atoms with van der Waals surface area (Å²) in [5.74, 6) is 0. The molecule has 0 amide bonds. The lowest BCUT2D eigenvalue weighted by Gasteiger charge is -2.06. The molecule has 0 bridgehead atoms. The van der Waals surface area contributed by atoms with Crippen molar-refractivity contribution in [3.63, 3.8) is 0 Å². The molecule has 0 atom stereocenters. The van der Waals surface area contributed by atoms with Crippen molar-refractivity contribution >= 4 is 11.4 Å². The number of nitrogens with two attached hydrogens (primary N) is 1. The van der Waals surface area contributed by atoms with E-state index in [1.807, 2.05) is 0 Å². The van der Waals surface area contributed by atoms with Gasteiger partial charge in [0, 0.05) is 11.9 Å². The monoisotopic (exact) mass is 187 g/mol. The van der Waals surface area contributed by atoms with Gasteiger partial charge in [0.05, 0.1) is 6.57 Å². The van der Waals surface area contributed by atoms with E-state index in [0.717, 1.165) is 6.20 Å². The lowest BCUT2D eigenvalue weighted by Crippen LogP contribution is -2.08. The summed E-state index contributed by atoms with van der Waals surface area (Å²) >= 11 is 0.